The number of aryl methyl sites for hydroxylation is 4. The van der Waals surface area contributed by atoms with Crippen LogP contribution in [0.5, 0.6) is 0 Å². The number of carbonyl (C=O) groups is 6. The molecule has 7 heterocycles. The number of hydrogen-bond donors (Lipinski definition) is 4. The van der Waals surface area contributed by atoms with Crippen LogP contribution in [0.2, 0.25) is 0 Å². The second-order valence-corrected chi connectivity index (χ2v) is 25.3. The van der Waals surface area contributed by atoms with Crippen LogP contribution in [0.25, 0.3) is 54.2 Å². The van der Waals surface area contributed by atoms with Crippen molar-refractivity contribution < 1.29 is 52.8 Å². The van der Waals surface area contributed by atoms with E-state index in [1.807, 2.05) is 186 Å². The number of aromatic carboxylic acids is 1. The van der Waals surface area contributed by atoms with Crippen molar-refractivity contribution >= 4 is 110 Å². The molecule has 11 aromatic rings. The number of esters is 3. The average molecular weight is 1530 g/mol. The number of alkyl halides is 2. The fourth-order valence-electron chi connectivity index (χ4n) is 8.40. The Morgan fingerprint density at radius 1 is 0.562 bits per heavy atom. The van der Waals surface area contributed by atoms with Crippen LogP contribution in [0.1, 0.15) is 95.9 Å². The maximum absolute atomic E-state index is 12.5. The van der Waals surface area contributed by atoms with Crippen LogP contribution in [-0.4, -0.2) is 119 Å². The van der Waals surface area contributed by atoms with Crippen LogP contribution >= 0.6 is 69.4 Å². The number of rotatable bonds is 20. The van der Waals surface area contributed by atoms with E-state index in [2.05, 4.69) is 80.1 Å². The SMILES string of the molecule is C=COCC.CCOC(=O)C(Cl)C=O.CCOC(=O)CCl.CCOC(=O)c1cnc(-c2ccccc2)s1.Cc1cc(-c2ncc(CN)cc2C)ccn1.Cc1cc(-c2ncc(CNC(=O)c3cnc(-c4ccccc4)s3)cc2C)ccn1.NC(=S)c1ccccc1.O=C(O)c1cnc(-c2ccccc2)s1. The summed E-state index contributed by atoms with van der Waals surface area (Å²) in [7, 11) is 0. The van der Waals surface area contributed by atoms with E-state index in [1.165, 1.54) is 46.5 Å². The van der Waals surface area contributed by atoms with Gasteiger partial charge < -0.3 is 45.6 Å². The minimum atomic E-state index is -1.15. The lowest BCUT2D eigenvalue weighted by molar-refractivity contribution is -0.143. The van der Waals surface area contributed by atoms with Gasteiger partial charge in [0.05, 0.1) is 62.7 Å². The summed E-state index contributed by atoms with van der Waals surface area (Å²) in [5, 5.41) is 12.9. The molecule has 4 aromatic carbocycles. The van der Waals surface area contributed by atoms with E-state index in [0.717, 1.165) is 100 Å². The summed E-state index contributed by atoms with van der Waals surface area (Å²) in [4.78, 5) is 96.7. The molecule has 0 fully saturated rings. The Hall–Kier alpha value is -10.6. The number of hydrogen-bond acceptors (Lipinski definition) is 22. The lowest BCUT2D eigenvalue weighted by Crippen LogP contribution is -2.22. The number of nitrogens with one attached hydrogen (secondary N) is 1. The van der Waals surface area contributed by atoms with Crippen LogP contribution in [0.15, 0.2) is 214 Å². The molecule has 1 unspecified atom stereocenters. The van der Waals surface area contributed by atoms with Crippen molar-refractivity contribution in [3.8, 4) is 54.2 Å². The highest BCUT2D eigenvalue weighted by molar-refractivity contribution is 7.80. The minimum Gasteiger partial charge on any atom is -0.502 e. The van der Waals surface area contributed by atoms with Crippen LogP contribution in [0, 0.1) is 27.7 Å². The van der Waals surface area contributed by atoms with Gasteiger partial charge in [0.1, 0.15) is 46.8 Å². The molecular weight excluding hydrogens is 1450 g/mol. The Morgan fingerprint density at radius 2 is 0.990 bits per heavy atom. The first-order valence-corrected chi connectivity index (χ1v) is 36.2. The van der Waals surface area contributed by atoms with Crippen molar-refractivity contribution in [2.75, 3.05) is 32.3 Å². The predicted octanol–water partition coefficient (Wildman–Crippen LogP) is 16.2. The fourth-order valence-corrected chi connectivity index (χ4v) is 11.1. The molecule has 0 aliphatic heterocycles. The molecule has 1 atom stereocenters. The van der Waals surface area contributed by atoms with Crippen LogP contribution in [-0.2, 0) is 46.4 Å². The number of halogens is 2. The maximum atomic E-state index is 12.5. The van der Waals surface area contributed by atoms with E-state index >= 15 is 0 Å². The highest BCUT2D eigenvalue weighted by Crippen LogP contribution is 2.28. The number of nitrogens with two attached hydrogens (primary N) is 2. The number of aldehydes is 1. The van der Waals surface area contributed by atoms with E-state index in [1.54, 1.807) is 45.6 Å². The van der Waals surface area contributed by atoms with Gasteiger partial charge in [-0.15, -0.1) is 57.2 Å². The molecule has 27 heteroatoms. The Balaban J connectivity index is 0.000000269. The summed E-state index contributed by atoms with van der Waals surface area (Å²) in [5.41, 5.74) is 25.1. The van der Waals surface area contributed by atoms with Crippen molar-refractivity contribution in [2.24, 2.45) is 11.5 Å². The number of aromatic nitrogens is 7. The molecule has 548 valence electrons. The molecule has 0 aliphatic rings. The zero-order valence-electron chi connectivity index (χ0n) is 59.1. The highest BCUT2D eigenvalue weighted by Gasteiger charge is 2.16. The third kappa shape index (κ3) is 31.9. The highest BCUT2D eigenvalue weighted by atomic mass is 35.5. The van der Waals surface area contributed by atoms with Gasteiger partial charge >= 0.3 is 23.9 Å². The van der Waals surface area contributed by atoms with Crippen molar-refractivity contribution in [2.45, 2.75) is 73.9 Å². The summed E-state index contributed by atoms with van der Waals surface area (Å²) in [6.45, 7) is 21.2. The number of carboxylic acid groups (broad SMARTS) is 1. The third-order valence-corrected chi connectivity index (χ3v) is 17.0. The van der Waals surface area contributed by atoms with Gasteiger partial charge in [-0.25, -0.2) is 29.3 Å². The third-order valence-electron chi connectivity index (χ3n) is 13.2. The van der Waals surface area contributed by atoms with Gasteiger partial charge in [0.15, 0.2) is 5.38 Å². The molecule has 1 amide bonds. The maximum Gasteiger partial charge on any atom is 0.349 e. The number of carboxylic acids is 1. The monoisotopic (exact) mass is 1530 g/mol. The molecule has 0 saturated heterocycles. The topological polar surface area (TPSA) is 314 Å². The quantitative estimate of drug-likeness (QED) is 0.0105. The molecule has 0 aliphatic carbocycles. The average Bonchev–Trinajstić information content (AvgIpc) is 1.82. The lowest BCUT2D eigenvalue weighted by Gasteiger charge is -2.09. The number of thiocarbonyl (C=S) groups is 1. The van der Waals surface area contributed by atoms with Gasteiger partial charge in [-0.3, -0.25) is 29.5 Å². The predicted molar refractivity (Wildman–Crippen MR) is 422 cm³/mol. The number of nitrogens with zero attached hydrogens (tertiary/aromatic N) is 7. The summed E-state index contributed by atoms with van der Waals surface area (Å²) in [6, 6.07) is 50.8. The first kappa shape index (κ1) is 86.8. The van der Waals surface area contributed by atoms with E-state index < -0.39 is 17.3 Å². The molecule has 0 bridgehead atoms. The van der Waals surface area contributed by atoms with Crippen molar-refractivity contribution in [3.63, 3.8) is 0 Å². The first-order valence-electron chi connectivity index (χ1n) is 32.4. The van der Waals surface area contributed by atoms with Gasteiger partial charge in [0, 0.05) is 82.6 Å². The summed E-state index contributed by atoms with van der Waals surface area (Å²) in [6.07, 6.45) is 13.6. The zero-order chi connectivity index (χ0) is 76.9. The molecule has 0 saturated carbocycles. The van der Waals surface area contributed by atoms with Gasteiger partial charge in [0.25, 0.3) is 5.91 Å². The largest absolute Gasteiger partial charge is 0.502 e. The summed E-state index contributed by atoms with van der Waals surface area (Å²) >= 11 is 18.9. The molecule has 105 heavy (non-hydrogen) atoms. The fraction of sp³-hybridized carbons (Fsp3) is 0.205. The van der Waals surface area contributed by atoms with Crippen molar-refractivity contribution in [1.29, 1.82) is 0 Å². The number of thiazole rings is 3. The molecule has 0 radical (unpaired) electrons. The minimum absolute atomic E-state index is 0.0478. The number of amides is 1. The second kappa shape index (κ2) is 49.1. The van der Waals surface area contributed by atoms with E-state index in [9.17, 15) is 28.8 Å². The summed E-state index contributed by atoms with van der Waals surface area (Å²) < 4.78 is 18.3. The summed E-state index contributed by atoms with van der Waals surface area (Å²) in [5.74, 6) is -2.45. The molecule has 21 nitrogen and oxygen atoms in total. The Kier molecular flexibility index (Phi) is 40.6. The number of benzene rings is 4. The lowest BCUT2D eigenvalue weighted by atomic mass is 10.1. The van der Waals surface area contributed by atoms with E-state index in [-0.39, 0.29) is 35.2 Å². The van der Waals surface area contributed by atoms with Gasteiger partial charge in [0.2, 0.25) is 0 Å². The molecular formula is C78H82Cl2N10O11S4. The van der Waals surface area contributed by atoms with Gasteiger partial charge in [-0.1, -0.05) is 152 Å². The van der Waals surface area contributed by atoms with Crippen LogP contribution in [0.4, 0.5) is 0 Å². The Morgan fingerprint density at radius 3 is 1.35 bits per heavy atom. The molecule has 11 rings (SSSR count). The van der Waals surface area contributed by atoms with Crippen molar-refractivity contribution in [3.05, 3.63) is 268 Å². The normalized spacial score (nSPS) is 10.1. The van der Waals surface area contributed by atoms with Crippen LogP contribution in [0.3, 0.4) is 0 Å². The van der Waals surface area contributed by atoms with Gasteiger partial charge in [-0.05, 0) is 102 Å². The number of ether oxygens (including phenoxy) is 4. The molecule has 0 spiro atoms. The molecule has 7 aromatic heterocycles. The number of pyridine rings is 4. The smallest absolute Gasteiger partial charge is 0.349 e. The number of carbonyl (C=O) groups excluding carboxylic acids is 5. The Bertz CT molecular complexity index is 4480. The standard InChI is InChI=1S/C23H20N4OS.C13H15N3.C12H11NO2S.C10H7NO2S.C7H7NS.C5H7ClO3.C4H7ClO2.C4H8O/c1-15-10-17(12-25-21(15)19-8-9-24-16(2)11-19)13-26-22(28)20-14-27-23(29-20)18-6-4-3-5-7-18;1-9-5-11(7-14)8-16-13(9)12-3-4-15-10(2)6-12;1-2-15-12(14)10-8-13-11(16-10)9-6-4-3-5-7-9;12-10(13)8-6-11-9(14-8)7-4-2-1-3-5-7;8-7(9)6-4-2-1-3-5-6;1-2-9-5(8)4(6)3-7;1-2-7-4(6)3-5;1-3-5-4-2/h3-12,14H,13H2,1-2H3,(H,26,28);3-6,8H,7,14H2,1-2H3;3-8H,2H2,1H3;1-6H,(H,12,13);1-5H,(H2,8,9);3-4H,2H2,1H3;2-3H2,1H3;3H,1,4H2,2H3. The first-order chi connectivity index (χ1) is 50.6. The second-order valence-electron chi connectivity index (χ2n) is 21.1. The van der Waals surface area contributed by atoms with Crippen LogP contribution < -0.4 is 16.8 Å². The zero-order valence-corrected chi connectivity index (χ0v) is 63.9. The van der Waals surface area contributed by atoms with Gasteiger partial charge in [-0.2, -0.15) is 0 Å². The van der Waals surface area contributed by atoms with E-state index in [0.29, 0.717) is 47.3 Å². The Labute approximate surface area is 638 Å². The van der Waals surface area contributed by atoms with Crippen molar-refractivity contribution in [1.82, 2.24) is 40.2 Å². The molecule has 6 N–H and O–H groups in total. The van der Waals surface area contributed by atoms with E-state index in [4.69, 9.17) is 56.7 Å².